The zero-order valence-corrected chi connectivity index (χ0v) is 11.5. The van der Waals surface area contributed by atoms with Crippen molar-refractivity contribution in [2.24, 2.45) is 0 Å². The topological polar surface area (TPSA) is 49.3 Å². The second kappa shape index (κ2) is 7.47. The molecule has 0 unspecified atom stereocenters. The lowest BCUT2D eigenvalue weighted by atomic mass is 10.2. The number of halogens is 2. The van der Waals surface area contributed by atoms with Gasteiger partial charge in [0.25, 0.3) is 0 Å². The van der Waals surface area contributed by atoms with Crippen molar-refractivity contribution in [3.8, 4) is 0 Å². The average molecular weight is 351 g/mol. The van der Waals surface area contributed by atoms with Gasteiger partial charge in [0.05, 0.1) is 0 Å². The van der Waals surface area contributed by atoms with Gasteiger partial charge >= 0.3 is 5.97 Å². The molecule has 0 saturated heterocycles. The standard InChI is InChI=1S/C12H15FINO2/c13-9-5-6-11(10(14)8-9)15-7-3-1-2-4-12(16)17/h5-6,8,15H,1-4,7H2,(H,16,17). The van der Waals surface area contributed by atoms with Gasteiger partial charge in [0, 0.05) is 22.2 Å². The summed E-state index contributed by atoms with van der Waals surface area (Å²) < 4.78 is 13.7. The van der Waals surface area contributed by atoms with Gasteiger partial charge in [-0.15, -0.1) is 0 Å². The predicted molar refractivity (Wildman–Crippen MR) is 73.7 cm³/mol. The minimum atomic E-state index is -0.744. The monoisotopic (exact) mass is 351 g/mol. The third kappa shape index (κ3) is 5.86. The minimum Gasteiger partial charge on any atom is -0.481 e. The fraction of sp³-hybridized carbons (Fsp3) is 0.417. The van der Waals surface area contributed by atoms with Crippen LogP contribution in [-0.4, -0.2) is 17.6 Å². The lowest BCUT2D eigenvalue weighted by molar-refractivity contribution is -0.137. The average Bonchev–Trinajstić information content (AvgIpc) is 2.25. The zero-order valence-electron chi connectivity index (χ0n) is 9.38. The first kappa shape index (κ1) is 14.2. The summed E-state index contributed by atoms with van der Waals surface area (Å²) in [5.41, 5.74) is 0.922. The maximum Gasteiger partial charge on any atom is 0.303 e. The molecule has 0 radical (unpaired) electrons. The highest BCUT2D eigenvalue weighted by Crippen LogP contribution is 2.19. The number of carboxylic acid groups (broad SMARTS) is 1. The Balaban J connectivity index is 2.20. The normalized spacial score (nSPS) is 10.2. The Hall–Kier alpha value is -0.850. The Labute approximate surface area is 114 Å². The number of anilines is 1. The van der Waals surface area contributed by atoms with E-state index in [1.54, 1.807) is 6.07 Å². The van der Waals surface area contributed by atoms with Crippen LogP contribution >= 0.6 is 22.6 Å². The van der Waals surface area contributed by atoms with Gasteiger partial charge < -0.3 is 10.4 Å². The van der Waals surface area contributed by atoms with E-state index in [0.717, 1.165) is 28.6 Å². The number of hydrogen-bond donors (Lipinski definition) is 2. The molecule has 0 bridgehead atoms. The van der Waals surface area contributed by atoms with E-state index in [0.29, 0.717) is 6.42 Å². The maximum atomic E-state index is 12.8. The highest BCUT2D eigenvalue weighted by Gasteiger charge is 2.00. The molecule has 94 valence electrons. The molecule has 0 fully saturated rings. The summed E-state index contributed by atoms with van der Waals surface area (Å²) in [6.45, 7) is 0.779. The zero-order chi connectivity index (χ0) is 12.7. The van der Waals surface area contributed by atoms with Crippen LogP contribution < -0.4 is 5.32 Å². The number of aliphatic carboxylic acids is 1. The van der Waals surface area contributed by atoms with Crippen LogP contribution in [0.4, 0.5) is 10.1 Å². The van der Waals surface area contributed by atoms with E-state index in [-0.39, 0.29) is 12.2 Å². The quantitative estimate of drug-likeness (QED) is 0.584. The number of hydrogen-bond acceptors (Lipinski definition) is 2. The van der Waals surface area contributed by atoms with Crippen molar-refractivity contribution in [1.29, 1.82) is 0 Å². The third-order valence-electron chi connectivity index (χ3n) is 2.31. The fourth-order valence-corrected chi connectivity index (χ4v) is 2.10. The summed E-state index contributed by atoms with van der Waals surface area (Å²) in [6.07, 6.45) is 2.74. The molecule has 3 nitrogen and oxygen atoms in total. The van der Waals surface area contributed by atoms with Crippen LogP contribution in [0.3, 0.4) is 0 Å². The van der Waals surface area contributed by atoms with Crippen LogP contribution in [0, 0.1) is 9.39 Å². The van der Waals surface area contributed by atoms with Gasteiger partial charge in [0.1, 0.15) is 5.82 Å². The van der Waals surface area contributed by atoms with E-state index in [1.807, 2.05) is 0 Å². The second-order valence-corrected chi connectivity index (χ2v) is 4.92. The van der Waals surface area contributed by atoms with Crippen molar-refractivity contribution in [2.45, 2.75) is 25.7 Å². The van der Waals surface area contributed by atoms with Crippen molar-refractivity contribution in [3.05, 3.63) is 27.6 Å². The van der Waals surface area contributed by atoms with Crippen LogP contribution in [0.2, 0.25) is 0 Å². The van der Waals surface area contributed by atoms with E-state index in [1.165, 1.54) is 12.1 Å². The SMILES string of the molecule is O=C(O)CCCCCNc1ccc(F)cc1I. The van der Waals surface area contributed by atoms with Crippen LogP contribution in [-0.2, 0) is 4.79 Å². The number of rotatable bonds is 7. The summed E-state index contributed by atoms with van der Waals surface area (Å²) in [7, 11) is 0. The molecule has 5 heteroatoms. The molecule has 0 spiro atoms. The number of carboxylic acids is 1. The molecule has 17 heavy (non-hydrogen) atoms. The number of unbranched alkanes of at least 4 members (excludes halogenated alkanes) is 2. The highest BCUT2D eigenvalue weighted by molar-refractivity contribution is 14.1. The van der Waals surface area contributed by atoms with Gasteiger partial charge in [-0.1, -0.05) is 6.42 Å². The van der Waals surface area contributed by atoms with Crippen molar-refractivity contribution >= 4 is 34.2 Å². The summed E-state index contributed by atoms with van der Waals surface area (Å²) in [5.74, 6) is -0.979. The second-order valence-electron chi connectivity index (χ2n) is 3.76. The molecule has 0 atom stereocenters. The Bertz CT molecular complexity index is 385. The van der Waals surface area contributed by atoms with Crippen LogP contribution in [0.15, 0.2) is 18.2 Å². The van der Waals surface area contributed by atoms with Crippen LogP contribution in [0.5, 0.6) is 0 Å². The Kier molecular flexibility index (Phi) is 6.25. The first-order chi connectivity index (χ1) is 8.09. The van der Waals surface area contributed by atoms with Gasteiger partial charge in [-0.25, -0.2) is 4.39 Å². The van der Waals surface area contributed by atoms with Gasteiger partial charge in [-0.3, -0.25) is 4.79 Å². The number of carbonyl (C=O) groups is 1. The molecule has 1 rings (SSSR count). The molecule has 1 aromatic rings. The predicted octanol–water partition coefficient (Wildman–Crippen LogP) is 3.49. The molecule has 1 aromatic carbocycles. The van der Waals surface area contributed by atoms with Crippen LogP contribution in [0.25, 0.3) is 0 Å². The molecule has 0 aliphatic rings. The Morgan fingerprint density at radius 2 is 2.12 bits per heavy atom. The summed E-state index contributed by atoms with van der Waals surface area (Å²) >= 11 is 2.08. The Morgan fingerprint density at radius 3 is 2.76 bits per heavy atom. The molecule has 0 heterocycles. The third-order valence-corrected chi connectivity index (χ3v) is 3.21. The number of nitrogens with one attached hydrogen (secondary N) is 1. The molecule has 2 N–H and O–H groups in total. The van der Waals surface area contributed by atoms with Crippen molar-refractivity contribution in [1.82, 2.24) is 0 Å². The van der Waals surface area contributed by atoms with Crippen molar-refractivity contribution in [2.75, 3.05) is 11.9 Å². The smallest absolute Gasteiger partial charge is 0.303 e. The number of benzene rings is 1. The maximum absolute atomic E-state index is 12.8. The largest absolute Gasteiger partial charge is 0.481 e. The lowest BCUT2D eigenvalue weighted by Crippen LogP contribution is -2.03. The van der Waals surface area contributed by atoms with E-state index in [2.05, 4.69) is 27.9 Å². The highest BCUT2D eigenvalue weighted by atomic mass is 127. The van der Waals surface area contributed by atoms with E-state index < -0.39 is 5.97 Å². The first-order valence-corrected chi connectivity index (χ1v) is 6.58. The molecular formula is C12H15FINO2. The van der Waals surface area contributed by atoms with Gasteiger partial charge in [-0.05, 0) is 53.6 Å². The molecular weight excluding hydrogens is 336 g/mol. The summed E-state index contributed by atoms with van der Waals surface area (Å²) in [5, 5.41) is 11.7. The minimum absolute atomic E-state index is 0.230. The van der Waals surface area contributed by atoms with Gasteiger partial charge in [-0.2, -0.15) is 0 Å². The summed E-state index contributed by atoms with van der Waals surface area (Å²) in [4.78, 5) is 10.3. The van der Waals surface area contributed by atoms with E-state index in [4.69, 9.17) is 5.11 Å². The molecule has 0 saturated carbocycles. The molecule has 0 amide bonds. The lowest BCUT2D eigenvalue weighted by Gasteiger charge is -2.08. The first-order valence-electron chi connectivity index (χ1n) is 5.50. The molecule has 0 aromatic heterocycles. The van der Waals surface area contributed by atoms with E-state index >= 15 is 0 Å². The molecule has 0 aliphatic heterocycles. The van der Waals surface area contributed by atoms with Gasteiger partial charge in [0.2, 0.25) is 0 Å². The van der Waals surface area contributed by atoms with Gasteiger partial charge in [0.15, 0.2) is 0 Å². The molecule has 0 aliphatic carbocycles. The van der Waals surface area contributed by atoms with Crippen LogP contribution in [0.1, 0.15) is 25.7 Å². The van der Waals surface area contributed by atoms with E-state index in [9.17, 15) is 9.18 Å². The summed E-state index contributed by atoms with van der Waals surface area (Å²) in [6, 6.07) is 4.62. The van der Waals surface area contributed by atoms with Crippen molar-refractivity contribution in [3.63, 3.8) is 0 Å². The Morgan fingerprint density at radius 1 is 1.35 bits per heavy atom. The van der Waals surface area contributed by atoms with Crippen molar-refractivity contribution < 1.29 is 14.3 Å². The fourth-order valence-electron chi connectivity index (χ4n) is 1.43.